The number of carbonyl (C=O) groups is 1. The molecular formula is C24H23NO. The number of carbonyl (C=O) groups excluding carboxylic acids is 1. The molecule has 130 valence electrons. The van der Waals surface area contributed by atoms with Crippen LogP contribution in [0.15, 0.2) is 60.7 Å². The predicted octanol–water partition coefficient (Wildman–Crippen LogP) is 6.05. The number of nitrogens with zero attached hydrogens (tertiary/aromatic N) is 1. The lowest BCUT2D eigenvalue weighted by Crippen LogP contribution is -2.06. The van der Waals surface area contributed by atoms with E-state index in [2.05, 4.69) is 55.7 Å². The summed E-state index contributed by atoms with van der Waals surface area (Å²) in [7, 11) is 0. The highest BCUT2D eigenvalue weighted by atomic mass is 16.1. The molecule has 4 aromatic rings. The molecule has 0 radical (unpaired) electrons. The Hall–Kier alpha value is -2.87. The summed E-state index contributed by atoms with van der Waals surface area (Å²) in [6.07, 6.45) is 1.04. The molecule has 1 aromatic heterocycles. The molecule has 0 unspecified atom stereocenters. The van der Waals surface area contributed by atoms with E-state index in [1.807, 2.05) is 30.3 Å². The topological polar surface area (TPSA) is 22.0 Å². The number of hydrogen-bond acceptors (Lipinski definition) is 1. The third-order valence-corrected chi connectivity index (χ3v) is 5.29. The van der Waals surface area contributed by atoms with E-state index in [0.717, 1.165) is 51.5 Å². The highest BCUT2D eigenvalue weighted by molar-refractivity contribution is 6.22. The molecule has 1 heterocycles. The van der Waals surface area contributed by atoms with Crippen molar-refractivity contribution in [3.05, 3.63) is 83.0 Å². The summed E-state index contributed by atoms with van der Waals surface area (Å²) in [5, 5.41) is 3.23. The van der Waals surface area contributed by atoms with Crippen LogP contribution in [0.25, 0.3) is 21.7 Å². The van der Waals surface area contributed by atoms with Crippen molar-refractivity contribution in [3.8, 4) is 0 Å². The minimum atomic E-state index is 0.116. The first kappa shape index (κ1) is 16.6. The molecule has 0 atom stereocenters. The Morgan fingerprint density at radius 2 is 1.50 bits per heavy atom. The molecule has 4 rings (SSSR count). The molecule has 0 saturated heterocycles. The molecular weight excluding hydrogens is 318 g/mol. The van der Waals surface area contributed by atoms with Crippen molar-refractivity contribution in [2.45, 2.75) is 33.7 Å². The van der Waals surface area contributed by atoms with Crippen molar-refractivity contribution < 1.29 is 4.79 Å². The van der Waals surface area contributed by atoms with Crippen molar-refractivity contribution in [1.82, 2.24) is 4.57 Å². The van der Waals surface area contributed by atoms with Crippen LogP contribution in [0.5, 0.6) is 0 Å². The summed E-state index contributed by atoms with van der Waals surface area (Å²) < 4.78 is 2.28. The third kappa shape index (κ3) is 2.45. The maximum absolute atomic E-state index is 13.6. The molecule has 0 aliphatic heterocycles. The number of benzene rings is 3. The van der Waals surface area contributed by atoms with Gasteiger partial charge in [0.05, 0.1) is 5.56 Å². The highest BCUT2D eigenvalue weighted by Gasteiger charge is 2.22. The van der Waals surface area contributed by atoms with E-state index in [0.29, 0.717) is 0 Å². The van der Waals surface area contributed by atoms with Crippen LogP contribution in [0.1, 0.15) is 40.5 Å². The number of fused-ring (bicyclic) bond motifs is 2. The van der Waals surface area contributed by atoms with E-state index >= 15 is 0 Å². The summed E-state index contributed by atoms with van der Waals surface area (Å²) in [6, 6.07) is 20.5. The van der Waals surface area contributed by atoms with Crippen molar-refractivity contribution >= 4 is 27.5 Å². The van der Waals surface area contributed by atoms with Gasteiger partial charge in [-0.1, -0.05) is 61.5 Å². The van der Waals surface area contributed by atoms with Gasteiger partial charge in [0.25, 0.3) is 0 Å². The van der Waals surface area contributed by atoms with Crippen molar-refractivity contribution in [2.75, 3.05) is 0 Å². The standard InChI is InChI=1S/C24H23NO/c1-4-15-25-17(3)23(21-11-7-8-12-22(21)25)24(26)20-14-13-16(2)18-9-5-6-10-19(18)20/h5-14H,4,15H2,1-3H3. The summed E-state index contributed by atoms with van der Waals surface area (Å²) in [5.74, 6) is 0.116. The van der Waals surface area contributed by atoms with Gasteiger partial charge in [-0.3, -0.25) is 4.79 Å². The Balaban J connectivity index is 1.99. The average molecular weight is 341 g/mol. The molecule has 0 saturated carbocycles. The Morgan fingerprint density at radius 1 is 0.846 bits per heavy atom. The molecule has 2 nitrogen and oxygen atoms in total. The van der Waals surface area contributed by atoms with E-state index < -0.39 is 0 Å². The SMILES string of the molecule is CCCn1c(C)c(C(=O)c2ccc(C)c3ccccc23)c2ccccc21. The summed E-state index contributed by atoms with van der Waals surface area (Å²) in [4.78, 5) is 13.6. The first-order valence-corrected chi connectivity index (χ1v) is 9.24. The number of ketones is 1. The minimum Gasteiger partial charge on any atom is -0.344 e. The fourth-order valence-electron chi connectivity index (χ4n) is 4.01. The first-order valence-electron chi connectivity index (χ1n) is 9.24. The quantitative estimate of drug-likeness (QED) is 0.414. The van der Waals surface area contributed by atoms with Crippen molar-refractivity contribution in [2.24, 2.45) is 0 Å². The van der Waals surface area contributed by atoms with Gasteiger partial charge < -0.3 is 4.57 Å². The van der Waals surface area contributed by atoms with Gasteiger partial charge in [0.15, 0.2) is 5.78 Å². The van der Waals surface area contributed by atoms with Crippen molar-refractivity contribution in [3.63, 3.8) is 0 Å². The van der Waals surface area contributed by atoms with Gasteiger partial charge in [0, 0.05) is 28.7 Å². The number of hydrogen-bond donors (Lipinski definition) is 0. The maximum atomic E-state index is 13.6. The Morgan fingerprint density at radius 3 is 2.23 bits per heavy atom. The smallest absolute Gasteiger partial charge is 0.196 e. The number of aromatic nitrogens is 1. The molecule has 2 heteroatoms. The van der Waals surface area contributed by atoms with Gasteiger partial charge in [0.1, 0.15) is 0 Å². The van der Waals surface area contributed by atoms with E-state index in [9.17, 15) is 4.79 Å². The van der Waals surface area contributed by atoms with E-state index in [1.54, 1.807) is 0 Å². The molecule has 0 aliphatic rings. The molecule has 26 heavy (non-hydrogen) atoms. The lowest BCUT2D eigenvalue weighted by atomic mass is 9.93. The zero-order valence-electron chi connectivity index (χ0n) is 15.5. The number of para-hydroxylation sites is 1. The third-order valence-electron chi connectivity index (χ3n) is 5.29. The van der Waals surface area contributed by atoms with Crippen molar-refractivity contribution in [1.29, 1.82) is 0 Å². The fraction of sp³-hybridized carbons (Fsp3) is 0.208. The second-order valence-corrected chi connectivity index (χ2v) is 6.93. The largest absolute Gasteiger partial charge is 0.344 e. The van der Waals surface area contributed by atoms with Crippen LogP contribution in [0.4, 0.5) is 0 Å². The van der Waals surface area contributed by atoms with Gasteiger partial charge in [-0.2, -0.15) is 0 Å². The zero-order valence-corrected chi connectivity index (χ0v) is 15.5. The summed E-state index contributed by atoms with van der Waals surface area (Å²) in [6.45, 7) is 7.26. The maximum Gasteiger partial charge on any atom is 0.196 e. The van der Waals surface area contributed by atoms with E-state index in [-0.39, 0.29) is 5.78 Å². The van der Waals surface area contributed by atoms with Gasteiger partial charge in [-0.15, -0.1) is 0 Å². The summed E-state index contributed by atoms with van der Waals surface area (Å²) in [5.41, 5.74) is 5.02. The zero-order chi connectivity index (χ0) is 18.3. The van der Waals surface area contributed by atoms with Gasteiger partial charge in [0.2, 0.25) is 0 Å². The molecule has 0 spiro atoms. The van der Waals surface area contributed by atoms with Crippen LogP contribution in [0.3, 0.4) is 0 Å². The normalized spacial score (nSPS) is 11.3. The van der Waals surface area contributed by atoms with Crippen LogP contribution in [-0.4, -0.2) is 10.4 Å². The Bertz CT molecular complexity index is 1130. The molecule has 0 amide bonds. The number of aryl methyl sites for hydroxylation is 2. The number of rotatable bonds is 4. The molecule has 3 aromatic carbocycles. The van der Waals surface area contributed by atoms with Crippen LogP contribution in [0.2, 0.25) is 0 Å². The Labute approximate surface area is 154 Å². The second kappa shape index (κ2) is 6.45. The average Bonchev–Trinajstić information content (AvgIpc) is 2.94. The highest BCUT2D eigenvalue weighted by Crippen LogP contribution is 2.31. The summed E-state index contributed by atoms with van der Waals surface area (Å²) >= 11 is 0. The van der Waals surface area contributed by atoms with Crippen LogP contribution in [-0.2, 0) is 6.54 Å². The molecule has 0 bridgehead atoms. The lowest BCUT2D eigenvalue weighted by molar-refractivity contribution is 0.104. The monoisotopic (exact) mass is 341 g/mol. The minimum absolute atomic E-state index is 0.116. The van der Waals surface area contributed by atoms with Gasteiger partial charge in [-0.25, -0.2) is 0 Å². The second-order valence-electron chi connectivity index (χ2n) is 6.93. The van der Waals surface area contributed by atoms with Gasteiger partial charge in [-0.05, 0) is 42.7 Å². The van der Waals surface area contributed by atoms with Crippen LogP contribution in [0, 0.1) is 13.8 Å². The fourth-order valence-corrected chi connectivity index (χ4v) is 4.01. The van der Waals surface area contributed by atoms with Crippen LogP contribution < -0.4 is 0 Å². The predicted molar refractivity (Wildman–Crippen MR) is 109 cm³/mol. The Kier molecular flexibility index (Phi) is 4.12. The van der Waals surface area contributed by atoms with E-state index in [1.165, 1.54) is 5.56 Å². The lowest BCUT2D eigenvalue weighted by Gasteiger charge is -2.10. The van der Waals surface area contributed by atoms with Gasteiger partial charge >= 0.3 is 0 Å². The van der Waals surface area contributed by atoms with E-state index in [4.69, 9.17) is 0 Å². The molecule has 0 N–H and O–H groups in total. The van der Waals surface area contributed by atoms with Crippen LogP contribution >= 0.6 is 0 Å². The molecule has 0 fully saturated rings. The molecule has 0 aliphatic carbocycles. The first-order chi connectivity index (χ1) is 12.6.